The van der Waals surface area contributed by atoms with Gasteiger partial charge in [0, 0.05) is 23.1 Å². The predicted molar refractivity (Wildman–Crippen MR) is 125 cm³/mol. The van der Waals surface area contributed by atoms with Gasteiger partial charge in [-0.15, -0.1) is 0 Å². The van der Waals surface area contributed by atoms with Gasteiger partial charge >= 0.3 is 5.97 Å². The summed E-state index contributed by atoms with van der Waals surface area (Å²) in [5.74, 6) is 1.64. The summed E-state index contributed by atoms with van der Waals surface area (Å²) in [4.78, 5) is 11.7. The Labute approximate surface area is 198 Å². The maximum absolute atomic E-state index is 14.9. The summed E-state index contributed by atoms with van der Waals surface area (Å²) in [6, 6.07) is 17.0. The van der Waals surface area contributed by atoms with Gasteiger partial charge in [0.2, 0.25) is 0 Å². The number of carbonyl (C=O) groups excluding carboxylic acids is 1. The topological polar surface area (TPSA) is 54.0 Å². The van der Waals surface area contributed by atoms with Gasteiger partial charge in [0.05, 0.1) is 27.2 Å². The molecule has 5 nitrogen and oxygen atoms in total. The Morgan fingerprint density at radius 2 is 1.85 bits per heavy atom. The molecular formula is C28H27FO5. The molecule has 3 aromatic rings. The standard InChI is InChI=1S/C28H27FO5/c1-31-20-6-3-17(4-7-20)13-18-5-11-24(29)28-23(18)10-12-25(28)34-21-8-9-22-19(14-27(30)32-2)16-33-26(22)15-21/h3-9,11,15,19,25H,10,12-14,16H2,1-2H3/t19?,25-/m1/s1. The van der Waals surface area contributed by atoms with Gasteiger partial charge < -0.3 is 18.9 Å². The van der Waals surface area contributed by atoms with Crippen molar-refractivity contribution in [2.24, 2.45) is 0 Å². The number of methoxy groups -OCH3 is 2. The molecule has 1 heterocycles. The molecule has 5 rings (SSSR count). The van der Waals surface area contributed by atoms with E-state index < -0.39 is 0 Å². The number of hydrogen-bond donors (Lipinski definition) is 0. The second kappa shape index (κ2) is 9.37. The predicted octanol–water partition coefficient (Wildman–Crippen LogP) is 5.53. The van der Waals surface area contributed by atoms with Crippen molar-refractivity contribution < 1.29 is 28.1 Å². The fraction of sp³-hybridized carbons (Fsp3) is 0.321. The molecule has 6 heteroatoms. The average molecular weight is 463 g/mol. The van der Waals surface area contributed by atoms with Crippen molar-refractivity contribution >= 4 is 5.97 Å². The fourth-order valence-electron chi connectivity index (χ4n) is 4.94. The van der Waals surface area contributed by atoms with Crippen LogP contribution in [0.3, 0.4) is 0 Å². The van der Waals surface area contributed by atoms with Crippen LogP contribution in [0.4, 0.5) is 4.39 Å². The summed E-state index contributed by atoms with van der Waals surface area (Å²) in [7, 11) is 3.03. The number of rotatable bonds is 7. The highest BCUT2D eigenvalue weighted by Crippen LogP contribution is 2.42. The first-order valence-electron chi connectivity index (χ1n) is 11.5. The van der Waals surface area contributed by atoms with E-state index in [-0.39, 0.29) is 30.2 Å². The van der Waals surface area contributed by atoms with Crippen LogP contribution >= 0.6 is 0 Å². The molecule has 0 N–H and O–H groups in total. The van der Waals surface area contributed by atoms with E-state index in [1.165, 1.54) is 7.11 Å². The van der Waals surface area contributed by atoms with Gasteiger partial charge in [-0.25, -0.2) is 4.39 Å². The lowest BCUT2D eigenvalue weighted by Crippen LogP contribution is -2.09. The van der Waals surface area contributed by atoms with E-state index in [4.69, 9.17) is 18.9 Å². The molecular weight excluding hydrogens is 435 g/mol. The van der Waals surface area contributed by atoms with Gasteiger partial charge in [-0.3, -0.25) is 4.79 Å². The average Bonchev–Trinajstić information content (AvgIpc) is 3.46. The molecule has 0 bridgehead atoms. The summed E-state index contributed by atoms with van der Waals surface area (Å²) in [6.45, 7) is 0.434. The molecule has 0 fully saturated rings. The van der Waals surface area contributed by atoms with Gasteiger partial charge in [0.1, 0.15) is 29.2 Å². The van der Waals surface area contributed by atoms with E-state index in [1.54, 1.807) is 13.2 Å². The van der Waals surface area contributed by atoms with Crippen molar-refractivity contribution in [2.45, 2.75) is 37.7 Å². The van der Waals surface area contributed by atoms with E-state index in [0.29, 0.717) is 23.7 Å². The number of halogens is 1. The molecule has 1 unspecified atom stereocenters. The Kier molecular flexibility index (Phi) is 6.14. The summed E-state index contributed by atoms with van der Waals surface area (Å²) >= 11 is 0. The Morgan fingerprint density at radius 1 is 1.06 bits per heavy atom. The minimum Gasteiger partial charge on any atom is -0.497 e. The summed E-state index contributed by atoms with van der Waals surface area (Å²) in [6.07, 6.45) is 2.15. The van der Waals surface area contributed by atoms with Gasteiger partial charge in [0.25, 0.3) is 0 Å². The van der Waals surface area contributed by atoms with E-state index in [0.717, 1.165) is 47.3 Å². The molecule has 0 radical (unpaired) electrons. The number of hydrogen-bond acceptors (Lipinski definition) is 5. The van der Waals surface area contributed by atoms with Crippen LogP contribution in [0, 0.1) is 5.82 Å². The third-order valence-corrected chi connectivity index (χ3v) is 6.72. The second-order valence-electron chi connectivity index (χ2n) is 8.76. The Morgan fingerprint density at radius 3 is 2.62 bits per heavy atom. The molecule has 0 saturated heterocycles. The minimum atomic E-state index is -0.351. The zero-order chi connectivity index (χ0) is 23.7. The number of fused-ring (bicyclic) bond motifs is 2. The molecule has 2 aliphatic rings. The van der Waals surface area contributed by atoms with Crippen molar-refractivity contribution in [3.63, 3.8) is 0 Å². The largest absolute Gasteiger partial charge is 0.497 e. The molecule has 1 aliphatic heterocycles. The lowest BCUT2D eigenvalue weighted by molar-refractivity contribution is -0.141. The Balaban J connectivity index is 1.34. The first-order chi connectivity index (χ1) is 16.6. The monoisotopic (exact) mass is 462 g/mol. The van der Waals surface area contributed by atoms with Crippen LogP contribution in [0.15, 0.2) is 54.6 Å². The second-order valence-corrected chi connectivity index (χ2v) is 8.76. The van der Waals surface area contributed by atoms with E-state index >= 15 is 0 Å². The molecule has 0 amide bonds. The lowest BCUT2D eigenvalue weighted by Gasteiger charge is -2.17. The molecule has 3 aromatic carbocycles. The zero-order valence-corrected chi connectivity index (χ0v) is 19.3. The number of esters is 1. The van der Waals surface area contributed by atoms with E-state index in [1.807, 2.05) is 48.5 Å². The third-order valence-electron chi connectivity index (χ3n) is 6.72. The van der Waals surface area contributed by atoms with Crippen molar-refractivity contribution in [3.05, 3.63) is 88.2 Å². The number of ether oxygens (including phenoxy) is 4. The van der Waals surface area contributed by atoms with Crippen molar-refractivity contribution in [1.82, 2.24) is 0 Å². The van der Waals surface area contributed by atoms with Crippen molar-refractivity contribution in [3.8, 4) is 17.2 Å². The maximum atomic E-state index is 14.9. The van der Waals surface area contributed by atoms with Crippen LogP contribution < -0.4 is 14.2 Å². The smallest absolute Gasteiger partial charge is 0.306 e. The SMILES string of the molecule is COC(=O)CC1COc2cc(O[C@@H]3CCc4c(Cc5ccc(OC)cc5)ccc(F)c43)ccc21. The quantitative estimate of drug-likeness (QED) is 0.432. The summed E-state index contributed by atoms with van der Waals surface area (Å²) in [5, 5.41) is 0. The fourth-order valence-corrected chi connectivity index (χ4v) is 4.94. The van der Waals surface area contributed by atoms with Gasteiger partial charge in [-0.05, 0) is 60.2 Å². The molecule has 0 aromatic heterocycles. The van der Waals surface area contributed by atoms with Crippen LogP contribution in [0.25, 0.3) is 0 Å². The molecule has 34 heavy (non-hydrogen) atoms. The molecule has 2 atom stereocenters. The summed E-state index contributed by atoms with van der Waals surface area (Å²) < 4.78 is 37.0. The van der Waals surface area contributed by atoms with Crippen LogP contribution in [-0.2, 0) is 22.4 Å². The highest BCUT2D eigenvalue weighted by molar-refractivity contribution is 5.71. The number of benzene rings is 3. The molecule has 0 spiro atoms. The summed E-state index contributed by atoms with van der Waals surface area (Å²) in [5.41, 5.74) is 4.93. The highest BCUT2D eigenvalue weighted by Gasteiger charge is 2.31. The number of carbonyl (C=O) groups is 1. The zero-order valence-electron chi connectivity index (χ0n) is 19.3. The van der Waals surface area contributed by atoms with E-state index in [2.05, 4.69) is 0 Å². The minimum absolute atomic E-state index is 0.0262. The molecule has 0 saturated carbocycles. The van der Waals surface area contributed by atoms with Crippen LogP contribution in [0.2, 0.25) is 0 Å². The van der Waals surface area contributed by atoms with Crippen molar-refractivity contribution in [1.29, 1.82) is 0 Å². The Bertz CT molecular complexity index is 1200. The normalized spacial score (nSPS) is 18.1. The van der Waals surface area contributed by atoms with Gasteiger partial charge in [-0.2, -0.15) is 0 Å². The maximum Gasteiger partial charge on any atom is 0.306 e. The van der Waals surface area contributed by atoms with Crippen molar-refractivity contribution in [2.75, 3.05) is 20.8 Å². The van der Waals surface area contributed by atoms with Crippen LogP contribution in [0.5, 0.6) is 17.2 Å². The van der Waals surface area contributed by atoms with Crippen LogP contribution in [-0.4, -0.2) is 26.8 Å². The van der Waals surface area contributed by atoms with E-state index in [9.17, 15) is 9.18 Å². The first-order valence-corrected chi connectivity index (χ1v) is 11.5. The Hall–Kier alpha value is -3.54. The lowest BCUT2D eigenvalue weighted by atomic mass is 9.96. The van der Waals surface area contributed by atoms with Crippen LogP contribution in [0.1, 0.15) is 52.7 Å². The highest BCUT2D eigenvalue weighted by atomic mass is 19.1. The van der Waals surface area contributed by atoms with Gasteiger partial charge in [0.15, 0.2) is 0 Å². The molecule has 1 aliphatic carbocycles. The van der Waals surface area contributed by atoms with Gasteiger partial charge in [-0.1, -0.05) is 24.3 Å². The first kappa shape index (κ1) is 22.3. The third kappa shape index (κ3) is 4.32. The molecule has 176 valence electrons.